The van der Waals surface area contributed by atoms with E-state index in [1.165, 1.54) is 0 Å². The number of halogens is 3. The van der Waals surface area contributed by atoms with Crippen LogP contribution in [0, 0.1) is 5.92 Å². The molecule has 1 fully saturated rings. The summed E-state index contributed by atoms with van der Waals surface area (Å²) in [5.41, 5.74) is 0. The molecule has 1 aliphatic carbocycles. The minimum atomic E-state index is -0.973. The zero-order valence-corrected chi connectivity index (χ0v) is 7.28. The van der Waals surface area contributed by atoms with Crippen LogP contribution in [0.5, 0.6) is 0 Å². The minimum Gasteiger partial charge on any atom is -0.251 e. The van der Waals surface area contributed by atoms with Gasteiger partial charge in [0.25, 0.3) is 0 Å². The normalized spacial score (nSPS) is 41.7. The zero-order valence-electron chi connectivity index (χ0n) is 5.69. The largest absolute Gasteiger partial charge is 0.251 e. The van der Waals surface area contributed by atoms with E-state index in [0.717, 1.165) is 12.8 Å². The Bertz CT molecular complexity index is 108. The van der Waals surface area contributed by atoms with Crippen molar-refractivity contribution in [1.82, 2.24) is 0 Å². The SMILES string of the molecule is FCC1CCC[C@@H](Br)C1F. The van der Waals surface area contributed by atoms with Crippen molar-refractivity contribution in [2.75, 3.05) is 6.67 Å². The average Bonchev–Trinajstić information content (AvgIpc) is 1.95. The molecule has 0 bridgehead atoms. The third-order valence-corrected chi connectivity index (χ3v) is 3.01. The molecule has 0 saturated heterocycles. The molecule has 2 unspecified atom stereocenters. The van der Waals surface area contributed by atoms with Crippen molar-refractivity contribution in [1.29, 1.82) is 0 Å². The number of rotatable bonds is 1. The van der Waals surface area contributed by atoms with E-state index >= 15 is 0 Å². The third kappa shape index (κ3) is 1.68. The molecule has 0 aromatic carbocycles. The third-order valence-electron chi connectivity index (χ3n) is 2.05. The molecule has 0 spiro atoms. The van der Waals surface area contributed by atoms with Gasteiger partial charge in [-0.2, -0.15) is 0 Å². The van der Waals surface area contributed by atoms with Crippen LogP contribution in [0.3, 0.4) is 0 Å². The Balaban J connectivity index is 2.42. The second-order valence-corrected chi connectivity index (χ2v) is 3.98. The molecule has 3 atom stereocenters. The van der Waals surface area contributed by atoms with Crippen molar-refractivity contribution in [3.8, 4) is 0 Å². The Hall–Kier alpha value is 0.340. The molecule has 60 valence electrons. The van der Waals surface area contributed by atoms with Crippen molar-refractivity contribution in [3.63, 3.8) is 0 Å². The van der Waals surface area contributed by atoms with Crippen molar-refractivity contribution in [3.05, 3.63) is 0 Å². The summed E-state index contributed by atoms with van der Waals surface area (Å²) < 4.78 is 25.0. The van der Waals surface area contributed by atoms with Gasteiger partial charge in [-0.1, -0.05) is 22.4 Å². The Kier molecular flexibility index (Phi) is 3.08. The summed E-state index contributed by atoms with van der Waals surface area (Å²) in [5, 5.41) is 0. The van der Waals surface area contributed by atoms with Crippen molar-refractivity contribution >= 4 is 15.9 Å². The van der Waals surface area contributed by atoms with Gasteiger partial charge in [0, 0.05) is 10.7 Å². The molecule has 10 heavy (non-hydrogen) atoms. The lowest BCUT2D eigenvalue weighted by Gasteiger charge is -2.27. The van der Waals surface area contributed by atoms with Crippen LogP contribution in [0.15, 0.2) is 0 Å². The predicted molar refractivity (Wildman–Crippen MR) is 40.9 cm³/mol. The molecule has 1 aliphatic rings. The first-order valence-corrected chi connectivity index (χ1v) is 4.51. The number of alkyl halides is 3. The van der Waals surface area contributed by atoms with Crippen LogP contribution < -0.4 is 0 Å². The maximum atomic E-state index is 13.0. The van der Waals surface area contributed by atoms with Gasteiger partial charge in [0.15, 0.2) is 0 Å². The first kappa shape index (κ1) is 8.44. The van der Waals surface area contributed by atoms with Gasteiger partial charge < -0.3 is 0 Å². The maximum Gasteiger partial charge on any atom is 0.118 e. The van der Waals surface area contributed by atoms with Gasteiger partial charge in [0.2, 0.25) is 0 Å². The van der Waals surface area contributed by atoms with Crippen molar-refractivity contribution in [2.45, 2.75) is 30.3 Å². The van der Waals surface area contributed by atoms with E-state index < -0.39 is 12.8 Å². The topological polar surface area (TPSA) is 0 Å². The summed E-state index contributed by atoms with van der Waals surface area (Å²) in [4.78, 5) is -0.109. The van der Waals surface area contributed by atoms with Gasteiger partial charge in [0.05, 0.1) is 6.67 Å². The monoisotopic (exact) mass is 212 g/mol. The Morgan fingerprint density at radius 2 is 2.10 bits per heavy atom. The average molecular weight is 213 g/mol. The molecule has 3 heteroatoms. The first-order chi connectivity index (χ1) is 4.75. The Morgan fingerprint density at radius 1 is 1.40 bits per heavy atom. The Morgan fingerprint density at radius 3 is 2.60 bits per heavy atom. The van der Waals surface area contributed by atoms with E-state index in [-0.39, 0.29) is 10.7 Å². The van der Waals surface area contributed by atoms with Crippen LogP contribution in [0.4, 0.5) is 8.78 Å². The van der Waals surface area contributed by atoms with E-state index in [9.17, 15) is 8.78 Å². The fourth-order valence-corrected chi connectivity index (χ4v) is 2.11. The summed E-state index contributed by atoms with van der Waals surface area (Å²) in [6.45, 7) is -0.511. The lowest BCUT2D eigenvalue weighted by atomic mass is 9.88. The molecule has 0 nitrogen and oxygen atoms in total. The van der Waals surface area contributed by atoms with Crippen LogP contribution in [-0.4, -0.2) is 17.7 Å². The van der Waals surface area contributed by atoms with E-state index in [2.05, 4.69) is 15.9 Å². The van der Waals surface area contributed by atoms with Gasteiger partial charge in [0.1, 0.15) is 6.17 Å². The van der Waals surface area contributed by atoms with Crippen LogP contribution in [0.1, 0.15) is 19.3 Å². The van der Waals surface area contributed by atoms with Crippen LogP contribution in [0.2, 0.25) is 0 Å². The lowest BCUT2D eigenvalue weighted by Crippen LogP contribution is -2.31. The molecule has 1 rings (SSSR count). The smallest absolute Gasteiger partial charge is 0.118 e. The fourth-order valence-electron chi connectivity index (χ4n) is 1.35. The maximum absolute atomic E-state index is 13.0. The first-order valence-electron chi connectivity index (χ1n) is 3.60. The quantitative estimate of drug-likeness (QED) is 0.587. The molecule has 0 aromatic rings. The second-order valence-electron chi connectivity index (χ2n) is 2.81. The van der Waals surface area contributed by atoms with E-state index in [1.807, 2.05) is 0 Å². The summed E-state index contributed by atoms with van der Waals surface area (Å²) in [5.74, 6) is -0.349. The van der Waals surface area contributed by atoms with Gasteiger partial charge in [-0.3, -0.25) is 4.39 Å². The lowest BCUT2D eigenvalue weighted by molar-refractivity contribution is 0.147. The highest BCUT2D eigenvalue weighted by molar-refractivity contribution is 9.09. The minimum absolute atomic E-state index is 0.109. The summed E-state index contributed by atoms with van der Waals surface area (Å²) in [7, 11) is 0. The van der Waals surface area contributed by atoms with Gasteiger partial charge >= 0.3 is 0 Å². The van der Waals surface area contributed by atoms with Crippen LogP contribution in [0.25, 0.3) is 0 Å². The highest BCUT2D eigenvalue weighted by Crippen LogP contribution is 2.31. The fraction of sp³-hybridized carbons (Fsp3) is 1.00. The van der Waals surface area contributed by atoms with Crippen LogP contribution >= 0.6 is 15.9 Å². The molecule has 0 radical (unpaired) electrons. The summed E-state index contributed by atoms with van der Waals surface area (Å²) in [6, 6.07) is 0. The molecule has 0 N–H and O–H groups in total. The van der Waals surface area contributed by atoms with E-state index in [4.69, 9.17) is 0 Å². The summed E-state index contributed by atoms with van der Waals surface area (Å²) >= 11 is 3.19. The molecule has 0 aliphatic heterocycles. The second kappa shape index (κ2) is 3.65. The van der Waals surface area contributed by atoms with Gasteiger partial charge in [-0.25, -0.2) is 4.39 Å². The molecule has 0 amide bonds. The Labute approximate surface area is 68.1 Å². The predicted octanol–water partition coefficient (Wildman–Crippen LogP) is 2.86. The molecule has 1 saturated carbocycles. The van der Waals surface area contributed by atoms with Crippen molar-refractivity contribution < 1.29 is 8.78 Å². The zero-order chi connectivity index (χ0) is 7.56. The standard InChI is InChI=1S/C7H11BrF2/c8-6-3-1-2-5(4-9)7(6)10/h5-7H,1-4H2/t5?,6-,7?/m1/s1. The molecular weight excluding hydrogens is 202 g/mol. The van der Waals surface area contributed by atoms with E-state index in [0.29, 0.717) is 6.42 Å². The molecular formula is C7H11BrF2. The van der Waals surface area contributed by atoms with Gasteiger partial charge in [-0.15, -0.1) is 0 Å². The summed E-state index contributed by atoms with van der Waals surface area (Å²) in [6.07, 6.45) is 1.53. The van der Waals surface area contributed by atoms with Crippen molar-refractivity contribution in [2.24, 2.45) is 5.92 Å². The number of hydrogen-bond acceptors (Lipinski definition) is 0. The number of hydrogen-bond donors (Lipinski definition) is 0. The molecule has 0 aromatic heterocycles. The molecule has 0 heterocycles. The van der Waals surface area contributed by atoms with E-state index in [1.54, 1.807) is 0 Å². The highest BCUT2D eigenvalue weighted by Gasteiger charge is 2.31. The highest BCUT2D eigenvalue weighted by atomic mass is 79.9. The van der Waals surface area contributed by atoms with Gasteiger partial charge in [-0.05, 0) is 12.8 Å². The van der Waals surface area contributed by atoms with Crippen LogP contribution in [-0.2, 0) is 0 Å².